The second-order valence-corrected chi connectivity index (χ2v) is 4.39. The highest BCUT2D eigenvalue weighted by molar-refractivity contribution is 9.10. The van der Waals surface area contributed by atoms with E-state index in [1.165, 1.54) is 0 Å². The van der Waals surface area contributed by atoms with Gasteiger partial charge in [0.1, 0.15) is 5.75 Å². The van der Waals surface area contributed by atoms with Crippen molar-refractivity contribution in [1.82, 2.24) is 0 Å². The normalized spacial score (nSPS) is 9.67. The SMILES string of the molecule is N#CCCCOc1c(Br)cccc1CBr. The molecule has 0 bridgehead atoms. The summed E-state index contributed by atoms with van der Waals surface area (Å²) in [6.45, 7) is 0.580. The van der Waals surface area contributed by atoms with E-state index in [1.807, 2.05) is 18.2 Å². The van der Waals surface area contributed by atoms with Gasteiger partial charge in [-0.25, -0.2) is 0 Å². The summed E-state index contributed by atoms with van der Waals surface area (Å²) in [4.78, 5) is 0. The first kappa shape index (κ1) is 12.5. The van der Waals surface area contributed by atoms with E-state index in [1.54, 1.807) is 0 Å². The van der Waals surface area contributed by atoms with Crippen molar-refractivity contribution in [2.24, 2.45) is 0 Å². The second kappa shape index (κ2) is 6.86. The summed E-state index contributed by atoms with van der Waals surface area (Å²) in [7, 11) is 0. The van der Waals surface area contributed by atoms with Crippen molar-refractivity contribution in [1.29, 1.82) is 5.26 Å². The van der Waals surface area contributed by atoms with Gasteiger partial charge in [-0.1, -0.05) is 28.1 Å². The van der Waals surface area contributed by atoms with Crippen molar-refractivity contribution in [3.05, 3.63) is 28.2 Å². The lowest BCUT2D eigenvalue weighted by atomic mass is 10.2. The maximum atomic E-state index is 8.40. The molecule has 0 fully saturated rings. The third-order valence-corrected chi connectivity index (χ3v) is 3.10. The summed E-state index contributed by atoms with van der Waals surface area (Å²) >= 11 is 6.86. The molecule has 15 heavy (non-hydrogen) atoms. The molecular formula is C11H11Br2NO. The Labute approximate surface area is 106 Å². The fourth-order valence-electron chi connectivity index (χ4n) is 1.15. The van der Waals surface area contributed by atoms with Crippen LogP contribution < -0.4 is 4.74 Å². The average molecular weight is 333 g/mol. The standard InChI is InChI=1S/C11H11Br2NO/c12-8-9-4-3-5-10(13)11(9)15-7-2-1-6-14/h3-5H,1-2,7-8H2. The first-order valence-corrected chi connectivity index (χ1v) is 6.54. The fraction of sp³-hybridized carbons (Fsp3) is 0.364. The zero-order valence-electron chi connectivity index (χ0n) is 8.17. The van der Waals surface area contributed by atoms with Gasteiger partial charge < -0.3 is 4.74 Å². The molecule has 0 aliphatic carbocycles. The lowest BCUT2D eigenvalue weighted by molar-refractivity contribution is 0.308. The molecule has 80 valence electrons. The molecule has 4 heteroatoms. The first-order valence-electron chi connectivity index (χ1n) is 4.62. The van der Waals surface area contributed by atoms with Crippen LogP contribution in [0.1, 0.15) is 18.4 Å². The number of benzene rings is 1. The summed E-state index contributed by atoms with van der Waals surface area (Å²) in [5.74, 6) is 0.868. The molecule has 0 saturated heterocycles. The van der Waals surface area contributed by atoms with Crippen molar-refractivity contribution >= 4 is 31.9 Å². The molecule has 0 N–H and O–H groups in total. The van der Waals surface area contributed by atoms with Gasteiger partial charge >= 0.3 is 0 Å². The average Bonchev–Trinajstić information content (AvgIpc) is 2.26. The quantitative estimate of drug-likeness (QED) is 0.602. The smallest absolute Gasteiger partial charge is 0.137 e. The second-order valence-electron chi connectivity index (χ2n) is 2.97. The van der Waals surface area contributed by atoms with E-state index in [4.69, 9.17) is 10.00 Å². The van der Waals surface area contributed by atoms with Crippen molar-refractivity contribution in [3.63, 3.8) is 0 Å². The number of unbranched alkanes of at least 4 members (excludes halogenated alkanes) is 1. The van der Waals surface area contributed by atoms with Crippen LogP contribution >= 0.6 is 31.9 Å². The van der Waals surface area contributed by atoms with Gasteiger partial charge in [0.05, 0.1) is 17.1 Å². The number of nitrogens with zero attached hydrogens (tertiary/aromatic N) is 1. The molecule has 0 heterocycles. The molecule has 0 atom stereocenters. The monoisotopic (exact) mass is 331 g/mol. The van der Waals surface area contributed by atoms with Crippen LogP contribution in [0.4, 0.5) is 0 Å². The van der Waals surface area contributed by atoms with Crippen LogP contribution in [0.2, 0.25) is 0 Å². The van der Waals surface area contributed by atoms with Gasteiger partial charge in [-0.2, -0.15) is 5.26 Å². The molecule has 0 aliphatic heterocycles. The van der Waals surface area contributed by atoms with Gasteiger partial charge in [-0.05, 0) is 28.4 Å². The van der Waals surface area contributed by atoms with E-state index in [0.717, 1.165) is 27.5 Å². The topological polar surface area (TPSA) is 33.0 Å². The number of hydrogen-bond donors (Lipinski definition) is 0. The van der Waals surface area contributed by atoms with Gasteiger partial charge in [0, 0.05) is 17.3 Å². The van der Waals surface area contributed by atoms with Crippen LogP contribution in [0.25, 0.3) is 0 Å². The van der Waals surface area contributed by atoms with Crippen LogP contribution in [-0.4, -0.2) is 6.61 Å². The van der Waals surface area contributed by atoms with Crippen LogP contribution in [0.15, 0.2) is 22.7 Å². The molecule has 0 spiro atoms. The first-order chi connectivity index (χ1) is 7.29. The number of halogens is 2. The highest BCUT2D eigenvalue weighted by Gasteiger charge is 2.06. The number of alkyl halides is 1. The number of hydrogen-bond acceptors (Lipinski definition) is 2. The van der Waals surface area contributed by atoms with E-state index in [9.17, 15) is 0 Å². The number of ether oxygens (including phenoxy) is 1. The summed E-state index contributed by atoms with van der Waals surface area (Å²) in [5, 5.41) is 9.16. The maximum absolute atomic E-state index is 8.40. The number of para-hydroxylation sites is 1. The number of nitriles is 1. The Morgan fingerprint density at radius 3 is 2.87 bits per heavy atom. The predicted molar refractivity (Wildman–Crippen MR) is 67.1 cm³/mol. The minimum absolute atomic E-state index is 0.536. The van der Waals surface area contributed by atoms with Gasteiger partial charge in [-0.3, -0.25) is 0 Å². The summed E-state index contributed by atoms with van der Waals surface area (Å²) < 4.78 is 6.59. The van der Waals surface area contributed by atoms with Crippen LogP contribution in [0.3, 0.4) is 0 Å². The summed E-state index contributed by atoms with van der Waals surface area (Å²) in [6, 6.07) is 8.03. The highest BCUT2D eigenvalue weighted by atomic mass is 79.9. The highest BCUT2D eigenvalue weighted by Crippen LogP contribution is 2.30. The molecule has 1 aromatic rings. The van der Waals surface area contributed by atoms with Crippen molar-refractivity contribution in [2.45, 2.75) is 18.2 Å². The van der Waals surface area contributed by atoms with Gasteiger partial charge in [0.25, 0.3) is 0 Å². The van der Waals surface area contributed by atoms with E-state index >= 15 is 0 Å². The molecule has 0 unspecified atom stereocenters. The molecule has 0 aromatic heterocycles. The molecule has 2 nitrogen and oxygen atoms in total. The summed E-state index contributed by atoms with van der Waals surface area (Å²) in [6.07, 6.45) is 1.30. The molecule has 0 radical (unpaired) electrons. The van der Waals surface area contributed by atoms with Crippen LogP contribution in [-0.2, 0) is 5.33 Å². The van der Waals surface area contributed by atoms with Crippen molar-refractivity contribution < 1.29 is 4.74 Å². The fourth-order valence-corrected chi connectivity index (χ4v) is 2.11. The Bertz CT molecular complexity index is 360. The predicted octanol–water partition coefficient (Wildman–Crippen LogP) is 4.03. The van der Waals surface area contributed by atoms with Gasteiger partial charge in [0.15, 0.2) is 0 Å². The Morgan fingerprint density at radius 2 is 2.20 bits per heavy atom. The number of rotatable bonds is 5. The largest absolute Gasteiger partial charge is 0.492 e. The van der Waals surface area contributed by atoms with E-state index < -0.39 is 0 Å². The lowest BCUT2D eigenvalue weighted by Crippen LogP contribution is -1.99. The molecule has 0 saturated carbocycles. The van der Waals surface area contributed by atoms with Crippen LogP contribution in [0, 0.1) is 11.3 Å². The third-order valence-electron chi connectivity index (χ3n) is 1.87. The van der Waals surface area contributed by atoms with Gasteiger partial charge in [-0.15, -0.1) is 0 Å². The molecule has 1 aromatic carbocycles. The molecule has 0 aliphatic rings. The zero-order chi connectivity index (χ0) is 11.1. The van der Waals surface area contributed by atoms with E-state index in [0.29, 0.717) is 13.0 Å². The van der Waals surface area contributed by atoms with Gasteiger partial charge in [0.2, 0.25) is 0 Å². The Balaban J connectivity index is 2.63. The Hall–Kier alpha value is -0.530. The third kappa shape index (κ3) is 3.84. The molecular weight excluding hydrogens is 322 g/mol. The molecule has 1 rings (SSSR count). The lowest BCUT2D eigenvalue weighted by Gasteiger charge is -2.11. The Kier molecular flexibility index (Phi) is 5.74. The van der Waals surface area contributed by atoms with E-state index in [2.05, 4.69) is 37.9 Å². The zero-order valence-corrected chi connectivity index (χ0v) is 11.3. The minimum Gasteiger partial charge on any atom is -0.492 e. The summed E-state index contributed by atoms with van der Waals surface area (Å²) in [5.41, 5.74) is 1.11. The minimum atomic E-state index is 0.536. The Morgan fingerprint density at radius 1 is 1.40 bits per heavy atom. The van der Waals surface area contributed by atoms with Crippen molar-refractivity contribution in [3.8, 4) is 11.8 Å². The maximum Gasteiger partial charge on any atom is 0.137 e. The van der Waals surface area contributed by atoms with E-state index in [-0.39, 0.29) is 0 Å². The van der Waals surface area contributed by atoms with Crippen molar-refractivity contribution in [2.75, 3.05) is 6.61 Å². The van der Waals surface area contributed by atoms with Crippen LogP contribution in [0.5, 0.6) is 5.75 Å². The molecule has 0 amide bonds.